The third kappa shape index (κ3) is 2.12. The predicted molar refractivity (Wildman–Crippen MR) is 67.3 cm³/mol. The topological polar surface area (TPSA) is 0 Å². The largest absolute Gasteiger partial charge is 0.412 e. The molecule has 0 aromatic heterocycles. The lowest BCUT2D eigenvalue weighted by Crippen LogP contribution is -2.38. The summed E-state index contributed by atoms with van der Waals surface area (Å²) in [5, 5.41) is 0. The summed E-state index contributed by atoms with van der Waals surface area (Å²) in [5.74, 6) is 0. The first-order valence-corrected chi connectivity index (χ1v) is 5.75. The van der Waals surface area contributed by atoms with Gasteiger partial charge in [0.1, 0.15) is 0 Å². The Hall–Kier alpha value is -1.42. The van der Waals surface area contributed by atoms with Crippen molar-refractivity contribution >= 4 is 12.6 Å². The van der Waals surface area contributed by atoms with E-state index < -0.39 is 10.9 Å². The second kappa shape index (κ2) is 4.69. The van der Waals surface area contributed by atoms with Crippen LogP contribution >= 0.6 is 12.6 Å². The quantitative estimate of drug-likeness (QED) is 0.740. The third-order valence-electron chi connectivity index (χ3n) is 2.76. The molecule has 0 N–H and O–H groups in total. The molecular formula is C14H10F3S. The molecule has 4 heteroatoms. The van der Waals surface area contributed by atoms with Gasteiger partial charge in [-0.3, -0.25) is 0 Å². The number of alkyl halides is 3. The maximum absolute atomic E-state index is 13.4. The van der Waals surface area contributed by atoms with Crippen molar-refractivity contribution < 1.29 is 13.2 Å². The van der Waals surface area contributed by atoms with Gasteiger partial charge in [-0.05, 0) is 11.1 Å². The standard InChI is InChI=1S/C14H10F3S/c15-14(16,17)13(18,11-7-3-1-4-8-11)12-9-5-2-6-10-12/h1-10H. The van der Waals surface area contributed by atoms with Crippen LogP contribution in [0.3, 0.4) is 0 Å². The van der Waals surface area contributed by atoms with Gasteiger partial charge in [0.15, 0.2) is 4.75 Å². The average Bonchev–Trinajstić information content (AvgIpc) is 2.38. The van der Waals surface area contributed by atoms with E-state index >= 15 is 0 Å². The molecular weight excluding hydrogens is 257 g/mol. The predicted octanol–water partition coefficient (Wildman–Crippen LogP) is 4.69. The summed E-state index contributed by atoms with van der Waals surface area (Å²) >= 11 is 4.95. The van der Waals surface area contributed by atoms with E-state index in [4.69, 9.17) is 12.6 Å². The molecule has 93 valence electrons. The molecule has 0 atom stereocenters. The number of hydrogen-bond acceptors (Lipinski definition) is 0. The zero-order valence-corrected chi connectivity index (χ0v) is 10.1. The SMILES string of the molecule is FC(F)(F)C([S])(c1ccccc1)c1ccccc1. The number of halogens is 3. The number of hydrogen-bond donors (Lipinski definition) is 0. The molecule has 2 rings (SSSR count). The van der Waals surface area contributed by atoms with Crippen molar-refractivity contribution in [3.05, 3.63) is 71.8 Å². The van der Waals surface area contributed by atoms with Crippen LogP contribution in [0, 0.1) is 0 Å². The summed E-state index contributed by atoms with van der Waals surface area (Å²) in [6, 6.07) is 15.2. The average molecular weight is 267 g/mol. The monoisotopic (exact) mass is 267 g/mol. The Labute approximate surface area is 109 Å². The van der Waals surface area contributed by atoms with Crippen LogP contribution < -0.4 is 0 Å². The van der Waals surface area contributed by atoms with Gasteiger partial charge < -0.3 is 0 Å². The highest BCUT2D eigenvalue weighted by atomic mass is 32.1. The summed E-state index contributed by atoms with van der Waals surface area (Å²) in [4.78, 5) is 0. The maximum atomic E-state index is 13.4. The lowest BCUT2D eigenvalue weighted by Gasteiger charge is -2.31. The fourth-order valence-corrected chi connectivity index (χ4v) is 2.11. The molecule has 0 spiro atoms. The van der Waals surface area contributed by atoms with Gasteiger partial charge in [0, 0.05) is 0 Å². The zero-order valence-electron chi connectivity index (χ0n) is 9.32. The van der Waals surface area contributed by atoms with Crippen LogP contribution in [-0.2, 0) is 4.75 Å². The Bertz CT molecular complexity index is 466. The van der Waals surface area contributed by atoms with E-state index in [0.717, 1.165) is 0 Å². The fraction of sp³-hybridized carbons (Fsp3) is 0.143. The highest BCUT2D eigenvalue weighted by Gasteiger charge is 2.55. The van der Waals surface area contributed by atoms with Crippen LogP contribution in [0.2, 0.25) is 0 Å². The van der Waals surface area contributed by atoms with Gasteiger partial charge in [-0.25, -0.2) is 0 Å². The molecule has 18 heavy (non-hydrogen) atoms. The molecule has 0 aliphatic heterocycles. The van der Waals surface area contributed by atoms with E-state index in [0.29, 0.717) is 0 Å². The molecule has 0 saturated carbocycles. The molecule has 0 bridgehead atoms. The Morgan fingerprint density at radius 2 is 1.00 bits per heavy atom. The summed E-state index contributed by atoms with van der Waals surface area (Å²) in [7, 11) is 0. The molecule has 0 unspecified atom stereocenters. The van der Waals surface area contributed by atoms with Crippen LogP contribution in [-0.4, -0.2) is 6.18 Å². The summed E-state index contributed by atoms with van der Waals surface area (Å²) in [6.07, 6.45) is -4.52. The van der Waals surface area contributed by atoms with Crippen molar-refractivity contribution in [3.8, 4) is 0 Å². The van der Waals surface area contributed by atoms with Gasteiger partial charge in [0.25, 0.3) is 0 Å². The van der Waals surface area contributed by atoms with Gasteiger partial charge in [0.05, 0.1) is 0 Å². The molecule has 2 aromatic rings. The van der Waals surface area contributed by atoms with Crippen molar-refractivity contribution in [1.29, 1.82) is 0 Å². The van der Waals surface area contributed by atoms with Crippen molar-refractivity contribution in [2.45, 2.75) is 10.9 Å². The molecule has 0 aliphatic rings. The van der Waals surface area contributed by atoms with Gasteiger partial charge in [-0.15, -0.1) is 0 Å². The highest BCUT2D eigenvalue weighted by Crippen LogP contribution is 2.49. The summed E-state index contributed by atoms with van der Waals surface area (Å²) < 4.78 is 37.7. The number of benzene rings is 2. The van der Waals surface area contributed by atoms with Crippen LogP contribution in [0.5, 0.6) is 0 Å². The molecule has 1 radical (unpaired) electrons. The fourth-order valence-electron chi connectivity index (χ4n) is 1.84. The minimum Gasteiger partial charge on any atom is -0.169 e. The van der Waals surface area contributed by atoms with Crippen LogP contribution in [0.25, 0.3) is 0 Å². The summed E-state index contributed by atoms with van der Waals surface area (Å²) in [5.41, 5.74) is 0.136. The first kappa shape index (κ1) is 13.0. The van der Waals surface area contributed by atoms with E-state index in [9.17, 15) is 13.2 Å². The van der Waals surface area contributed by atoms with E-state index in [1.54, 1.807) is 36.4 Å². The molecule has 0 aliphatic carbocycles. The van der Waals surface area contributed by atoms with Gasteiger partial charge in [-0.1, -0.05) is 73.3 Å². The van der Waals surface area contributed by atoms with Gasteiger partial charge >= 0.3 is 6.18 Å². The smallest absolute Gasteiger partial charge is 0.169 e. The van der Waals surface area contributed by atoms with E-state index in [2.05, 4.69) is 0 Å². The van der Waals surface area contributed by atoms with E-state index in [-0.39, 0.29) is 11.1 Å². The van der Waals surface area contributed by atoms with Crippen LogP contribution in [0.1, 0.15) is 11.1 Å². The third-order valence-corrected chi connectivity index (χ3v) is 3.46. The highest BCUT2D eigenvalue weighted by molar-refractivity contribution is 7.81. The number of rotatable bonds is 2. The minimum atomic E-state index is -4.52. The van der Waals surface area contributed by atoms with Crippen LogP contribution in [0.4, 0.5) is 13.2 Å². The lowest BCUT2D eigenvalue weighted by molar-refractivity contribution is -0.151. The first-order valence-electron chi connectivity index (χ1n) is 5.34. The van der Waals surface area contributed by atoms with Crippen molar-refractivity contribution in [3.63, 3.8) is 0 Å². The minimum absolute atomic E-state index is 0.0682. The zero-order chi connectivity index (χ0) is 13.2. The molecule has 2 aromatic carbocycles. The Morgan fingerprint density at radius 1 is 0.667 bits per heavy atom. The molecule has 0 saturated heterocycles. The Balaban J connectivity index is 2.63. The first-order chi connectivity index (χ1) is 8.46. The van der Waals surface area contributed by atoms with Crippen LogP contribution in [0.15, 0.2) is 60.7 Å². The summed E-state index contributed by atoms with van der Waals surface area (Å²) in [6.45, 7) is 0. The molecule has 0 nitrogen and oxygen atoms in total. The molecule has 0 fully saturated rings. The maximum Gasteiger partial charge on any atom is 0.412 e. The van der Waals surface area contributed by atoms with E-state index in [1.807, 2.05) is 0 Å². The van der Waals surface area contributed by atoms with Gasteiger partial charge in [0.2, 0.25) is 0 Å². The van der Waals surface area contributed by atoms with Crippen molar-refractivity contribution in [2.24, 2.45) is 0 Å². The lowest BCUT2D eigenvalue weighted by atomic mass is 9.89. The van der Waals surface area contributed by atoms with Crippen molar-refractivity contribution in [1.82, 2.24) is 0 Å². The molecule has 0 heterocycles. The Kier molecular flexibility index (Phi) is 3.39. The normalized spacial score (nSPS) is 12.4. The van der Waals surface area contributed by atoms with E-state index in [1.165, 1.54) is 24.3 Å². The van der Waals surface area contributed by atoms with Crippen molar-refractivity contribution in [2.75, 3.05) is 0 Å². The second-order valence-electron chi connectivity index (χ2n) is 3.91. The Morgan fingerprint density at radius 3 is 1.28 bits per heavy atom. The molecule has 0 amide bonds. The van der Waals surface area contributed by atoms with Gasteiger partial charge in [-0.2, -0.15) is 13.2 Å². The second-order valence-corrected chi connectivity index (χ2v) is 4.52.